The second-order valence-corrected chi connectivity index (χ2v) is 5.80. The molecular formula is C20H33NO3. The highest BCUT2D eigenvalue weighted by Gasteiger charge is 2.10. The predicted molar refractivity (Wildman–Crippen MR) is 98.5 cm³/mol. The summed E-state index contributed by atoms with van der Waals surface area (Å²) in [7, 11) is 0. The standard InChI is InChI=1S/C20H33NO3/c1-5-17-10-9-11-18(19(17)6-2)16-20(22)24-15-14-23-13-12-21(7-3)8-4/h9-11H,5-8,12-16H2,1-4H3. The zero-order valence-electron chi connectivity index (χ0n) is 15.8. The number of likely N-dealkylation sites (N-methyl/N-ethyl adjacent to an activating group) is 1. The van der Waals surface area contributed by atoms with E-state index >= 15 is 0 Å². The van der Waals surface area contributed by atoms with E-state index in [1.54, 1.807) is 0 Å². The first kappa shape index (κ1) is 20.7. The Kier molecular flexibility index (Phi) is 10.4. The van der Waals surface area contributed by atoms with Crippen molar-refractivity contribution in [2.75, 3.05) is 39.5 Å². The van der Waals surface area contributed by atoms with Crippen LogP contribution in [0.3, 0.4) is 0 Å². The van der Waals surface area contributed by atoms with Crippen LogP contribution in [0.4, 0.5) is 0 Å². The monoisotopic (exact) mass is 335 g/mol. The van der Waals surface area contributed by atoms with Gasteiger partial charge in [0.15, 0.2) is 0 Å². The third kappa shape index (κ3) is 7.02. The van der Waals surface area contributed by atoms with E-state index in [1.807, 2.05) is 12.1 Å². The summed E-state index contributed by atoms with van der Waals surface area (Å²) in [5.74, 6) is -0.176. The summed E-state index contributed by atoms with van der Waals surface area (Å²) in [5, 5.41) is 0. The minimum absolute atomic E-state index is 0.176. The topological polar surface area (TPSA) is 38.8 Å². The third-order valence-electron chi connectivity index (χ3n) is 4.38. The highest BCUT2D eigenvalue weighted by atomic mass is 16.6. The van der Waals surface area contributed by atoms with Gasteiger partial charge in [-0.1, -0.05) is 45.9 Å². The maximum Gasteiger partial charge on any atom is 0.310 e. The first-order valence-corrected chi connectivity index (χ1v) is 9.21. The van der Waals surface area contributed by atoms with Gasteiger partial charge in [0.05, 0.1) is 19.6 Å². The molecule has 4 heteroatoms. The largest absolute Gasteiger partial charge is 0.463 e. The minimum atomic E-state index is -0.176. The van der Waals surface area contributed by atoms with Crippen molar-refractivity contribution in [1.82, 2.24) is 4.90 Å². The van der Waals surface area contributed by atoms with Gasteiger partial charge < -0.3 is 14.4 Å². The summed E-state index contributed by atoms with van der Waals surface area (Å²) in [4.78, 5) is 14.3. The molecule has 0 aliphatic carbocycles. The summed E-state index contributed by atoms with van der Waals surface area (Å²) in [6, 6.07) is 6.19. The van der Waals surface area contributed by atoms with Crippen molar-refractivity contribution < 1.29 is 14.3 Å². The van der Waals surface area contributed by atoms with Crippen molar-refractivity contribution in [3.63, 3.8) is 0 Å². The van der Waals surface area contributed by atoms with Crippen LogP contribution in [0.25, 0.3) is 0 Å². The molecule has 0 saturated heterocycles. The maximum atomic E-state index is 12.0. The summed E-state index contributed by atoms with van der Waals surface area (Å²) >= 11 is 0. The quantitative estimate of drug-likeness (QED) is 0.434. The van der Waals surface area contributed by atoms with Crippen molar-refractivity contribution in [1.29, 1.82) is 0 Å². The fourth-order valence-corrected chi connectivity index (χ4v) is 2.90. The van der Waals surface area contributed by atoms with E-state index in [1.165, 1.54) is 11.1 Å². The van der Waals surface area contributed by atoms with Gasteiger partial charge in [-0.25, -0.2) is 0 Å². The summed E-state index contributed by atoms with van der Waals surface area (Å²) in [6.07, 6.45) is 2.28. The van der Waals surface area contributed by atoms with E-state index < -0.39 is 0 Å². The number of carbonyl (C=O) groups excluding carboxylic acids is 1. The Bertz CT molecular complexity index is 484. The van der Waals surface area contributed by atoms with Crippen molar-refractivity contribution in [2.45, 2.75) is 47.0 Å². The van der Waals surface area contributed by atoms with Crippen LogP contribution in [0.15, 0.2) is 18.2 Å². The molecule has 1 aromatic carbocycles. The van der Waals surface area contributed by atoms with Gasteiger partial charge in [-0.05, 0) is 42.6 Å². The lowest BCUT2D eigenvalue weighted by atomic mass is 9.95. The molecular weight excluding hydrogens is 302 g/mol. The predicted octanol–water partition coefficient (Wildman–Crippen LogP) is 3.26. The lowest BCUT2D eigenvalue weighted by Crippen LogP contribution is -2.27. The number of carbonyl (C=O) groups is 1. The van der Waals surface area contributed by atoms with Crippen LogP contribution in [-0.2, 0) is 33.5 Å². The molecule has 24 heavy (non-hydrogen) atoms. The van der Waals surface area contributed by atoms with E-state index in [0.717, 1.165) is 38.0 Å². The zero-order chi connectivity index (χ0) is 17.8. The molecule has 0 amide bonds. The molecule has 0 fully saturated rings. The minimum Gasteiger partial charge on any atom is -0.463 e. The molecule has 1 rings (SSSR count). The molecule has 0 aliphatic heterocycles. The van der Waals surface area contributed by atoms with Crippen LogP contribution in [0.2, 0.25) is 0 Å². The van der Waals surface area contributed by atoms with Crippen LogP contribution in [0, 0.1) is 0 Å². The van der Waals surface area contributed by atoms with Crippen LogP contribution in [0.1, 0.15) is 44.4 Å². The Morgan fingerprint density at radius 1 is 0.958 bits per heavy atom. The number of benzene rings is 1. The number of rotatable bonds is 12. The first-order valence-electron chi connectivity index (χ1n) is 9.21. The fraction of sp³-hybridized carbons (Fsp3) is 0.650. The number of nitrogens with zero attached hydrogens (tertiary/aromatic N) is 1. The van der Waals surface area contributed by atoms with Crippen LogP contribution >= 0.6 is 0 Å². The number of ether oxygens (including phenoxy) is 2. The first-order chi connectivity index (χ1) is 11.7. The molecule has 136 valence electrons. The summed E-state index contributed by atoms with van der Waals surface area (Å²) in [5.41, 5.74) is 3.69. The van der Waals surface area contributed by atoms with Crippen molar-refractivity contribution in [2.24, 2.45) is 0 Å². The lowest BCUT2D eigenvalue weighted by molar-refractivity contribution is -0.144. The van der Waals surface area contributed by atoms with Gasteiger partial charge in [0.25, 0.3) is 0 Å². The molecule has 0 saturated carbocycles. The van der Waals surface area contributed by atoms with Crippen molar-refractivity contribution in [3.8, 4) is 0 Å². The normalized spacial score (nSPS) is 11.0. The average Bonchev–Trinajstić information content (AvgIpc) is 2.60. The van der Waals surface area contributed by atoms with Crippen LogP contribution in [-0.4, -0.2) is 50.3 Å². The average molecular weight is 335 g/mol. The third-order valence-corrected chi connectivity index (χ3v) is 4.38. The van der Waals surface area contributed by atoms with Crippen molar-refractivity contribution in [3.05, 3.63) is 34.9 Å². The summed E-state index contributed by atoms with van der Waals surface area (Å²) < 4.78 is 10.8. The Morgan fingerprint density at radius 3 is 2.29 bits per heavy atom. The highest BCUT2D eigenvalue weighted by molar-refractivity contribution is 5.73. The van der Waals surface area contributed by atoms with Gasteiger partial charge >= 0.3 is 5.97 Å². The molecule has 0 N–H and O–H groups in total. The molecule has 0 heterocycles. The van der Waals surface area contributed by atoms with Gasteiger partial charge in [-0.3, -0.25) is 4.79 Å². The van der Waals surface area contributed by atoms with Gasteiger partial charge in [0, 0.05) is 6.54 Å². The second-order valence-electron chi connectivity index (χ2n) is 5.80. The van der Waals surface area contributed by atoms with E-state index in [0.29, 0.717) is 26.2 Å². The number of esters is 1. The van der Waals surface area contributed by atoms with Crippen molar-refractivity contribution >= 4 is 5.97 Å². The Morgan fingerprint density at radius 2 is 1.67 bits per heavy atom. The van der Waals surface area contributed by atoms with Crippen LogP contribution < -0.4 is 0 Å². The Hall–Kier alpha value is -1.39. The highest BCUT2D eigenvalue weighted by Crippen LogP contribution is 2.17. The Balaban J connectivity index is 2.30. The molecule has 0 atom stereocenters. The molecule has 0 aliphatic rings. The van der Waals surface area contributed by atoms with Gasteiger partial charge in [0.1, 0.15) is 6.61 Å². The Labute approximate surface area is 147 Å². The van der Waals surface area contributed by atoms with E-state index in [9.17, 15) is 4.79 Å². The molecule has 0 bridgehead atoms. The summed E-state index contributed by atoms with van der Waals surface area (Å²) in [6.45, 7) is 13.0. The number of aryl methyl sites for hydroxylation is 1. The molecule has 0 radical (unpaired) electrons. The fourth-order valence-electron chi connectivity index (χ4n) is 2.90. The number of hydrogen-bond acceptors (Lipinski definition) is 4. The lowest BCUT2D eigenvalue weighted by Gasteiger charge is -2.17. The molecule has 4 nitrogen and oxygen atoms in total. The van der Waals surface area contributed by atoms with Gasteiger partial charge in [0.2, 0.25) is 0 Å². The zero-order valence-corrected chi connectivity index (χ0v) is 15.8. The SMILES string of the molecule is CCc1cccc(CC(=O)OCCOCCN(CC)CC)c1CC. The van der Waals surface area contributed by atoms with Crippen LogP contribution in [0.5, 0.6) is 0 Å². The van der Waals surface area contributed by atoms with E-state index in [2.05, 4.69) is 38.7 Å². The smallest absolute Gasteiger partial charge is 0.310 e. The number of hydrogen-bond donors (Lipinski definition) is 0. The van der Waals surface area contributed by atoms with E-state index in [4.69, 9.17) is 9.47 Å². The maximum absolute atomic E-state index is 12.0. The van der Waals surface area contributed by atoms with E-state index in [-0.39, 0.29) is 5.97 Å². The molecule has 0 aromatic heterocycles. The van der Waals surface area contributed by atoms with Gasteiger partial charge in [-0.2, -0.15) is 0 Å². The van der Waals surface area contributed by atoms with Gasteiger partial charge in [-0.15, -0.1) is 0 Å². The molecule has 0 spiro atoms. The molecule has 0 unspecified atom stereocenters. The molecule has 1 aromatic rings. The second kappa shape index (κ2) is 12.0.